The summed E-state index contributed by atoms with van der Waals surface area (Å²) in [5.74, 6) is 0.908. The average Bonchev–Trinajstić information content (AvgIpc) is 3.09. The summed E-state index contributed by atoms with van der Waals surface area (Å²) in [5, 5.41) is 2.74. The number of anilines is 1. The highest BCUT2D eigenvalue weighted by atomic mass is 32.2. The van der Waals surface area contributed by atoms with Gasteiger partial charge in [-0.3, -0.25) is 4.79 Å². The highest BCUT2D eigenvalue weighted by molar-refractivity contribution is 7.90. The Labute approximate surface area is 193 Å². The van der Waals surface area contributed by atoms with Crippen molar-refractivity contribution in [1.82, 2.24) is 9.88 Å². The Morgan fingerprint density at radius 1 is 1.06 bits per heavy atom. The van der Waals surface area contributed by atoms with E-state index < -0.39 is 15.9 Å². The number of benzene rings is 2. The first-order valence-electron chi connectivity index (χ1n) is 10.8. The molecule has 33 heavy (non-hydrogen) atoms. The molecule has 9 heteroatoms. The lowest BCUT2D eigenvalue weighted by Crippen LogP contribution is -2.26. The fourth-order valence-electron chi connectivity index (χ4n) is 3.65. The van der Waals surface area contributed by atoms with Gasteiger partial charge in [-0.1, -0.05) is 24.6 Å². The molecule has 0 radical (unpaired) electrons. The van der Waals surface area contributed by atoms with Gasteiger partial charge < -0.3 is 14.6 Å². The van der Waals surface area contributed by atoms with E-state index in [1.807, 2.05) is 42.3 Å². The number of amides is 1. The van der Waals surface area contributed by atoms with Crippen LogP contribution in [0.25, 0.3) is 11.5 Å². The molecule has 1 saturated heterocycles. The second-order valence-corrected chi connectivity index (χ2v) is 9.59. The number of rotatable bonds is 5. The number of likely N-dealkylation sites (tertiary alicyclic amines) is 1. The summed E-state index contributed by atoms with van der Waals surface area (Å²) in [5.41, 5.74) is 1.39. The Morgan fingerprint density at radius 3 is 2.52 bits per heavy atom. The van der Waals surface area contributed by atoms with Gasteiger partial charge in [-0.2, -0.15) is 8.42 Å². The van der Waals surface area contributed by atoms with Gasteiger partial charge in [0.15, 0.2) is 5.69 Å². The van der Waals surface area contributed by atoms with Gasteiger partial charge in [0, 0.05) is 31.3 Å². The van der Waals surface area contributed by atoms with E-state index in [2.05, 4.69) is 14.7 Å². The van der Waals surface area contributed by atoms with Crippen LogP contribution < -0.4 is 5.32 Å². The van der Waals surface area contributed by atoms with Crippen molar-refractivity contribution in [1.29, 1.82) is 0 Å². The summed E-state index contributed by atoms with van der Waals surface area (Å²) < 4.78 is 35.3. The predicted molar refractivity (Wildman–Crippen MR) is 127 cm³/mol. The molecule has 0 saturated carbocycles. The Bertz CT molecular complexity index is 1270. The number of amidine groups is 1. The van der Waals surface area contributed by atoms with Crippen LogP contribution in [0.2, 0.25) is 0 Å². The third kappa shape index (κ3) is 5.31. The minimum Gasteiger partial charge on any atom is -0.441 e. The van der Waals surface area contributed by atoms with Gasteiger partial charge in [-0.25, -0.2) is 4.98 Å². The fraction of sp³-hybridized carbons (Fsp3) is 0.292. The zero-order valence-corrected chi connectivity index (χ0v) is 19.4. The smallest absolute Gasteiger partial charge is 0.283 e. The molecule has 3 aromatic rings. The van der Waals surface area contributed by atoms with Crippen molar-refractivity contribution in [2.24, 2.45) is 4.40 Å². The molecule has 1 aromatic heterocycles. The molecule has 0 bridgehead atoms. The summed E-state index contributed by atoms with van der Waals surface area (Å²) in [6.07, 6.45) is 3.67. The molecule has 4 rings (SSSR count). The summed E-state index contributed by atoms with van der Waals surface area (Å²) in [6.45, 7) is 2.47. The van der Waals surface area contributed by atoms with Gasteiger partial charge in [-0.05, 0) is 56.2 Å². The lowest BCUT2D eigenvalue weighted by molar-refractivity contribution is 0.102. The van der Waals surface area contributed by atoms with Crippen LogP contribution in [0.5, 0.6) is 0 Å². The van der Waals surface area contributed by atoms with E-state index in [-0.39, 0.29) is 10.6 Å². The monoisotopic (exact) mass is 466 g/mol. The van der Waals surface area contributed by atoms with Gasteiger partial charge in [0.2, 0.25) is 5.89 Å². The number of carbonyl (C=O) groups is 1. The van der Waals surface area contributed by atoms with E-state index >= 15 is 0 Å². The third-order valence-corrected chi connectivity index (χ3v) is 6.82. The molecule has 1 amide bonds. The molecular weight excluding hydrogens is 440 g/mol. The molecule has 1 aliphatic rings. The van der Waals surface area contributed by atoms with Gasteiger partial charge >= 0.3 is 0 Å². The number of hydrogen-bond acceptors (Lipinski definition) is 5. The highest BCUT2D eigenvalue weighted by Crippen LogP contribution is 2.23. The molecule has 1 N–H and O–H groups in total. The van der Waals surface area contributed by atoms with E-state index in [1.165, 1.54) is 24.3 Å². The average molecular weight is 467 g/mol. The summed E-state index contributed by atoms with van der Waals surface area (Å²) >= 11 is 0. The van der Waals surface area contributed by atoms with Crippen molar-refractivity contribution >= 4 is 27.5 Å². The van der Waals surface area contributed by atoms with Gasteiger partial charge in [0.25, 0.3) is 15.9 Å². The second kappa shape index (κ2) is 9.58. The van der Waals surface area contributed by atoms with Crippen LogP contribution in [0.3, 0.4) is 0 Å². The maximum absolute atomic E-state index is 12.8. The van der Waals surface area contributed by atoms with Crippen molar-refractivity contribution in [2.75, 3.05) is 18.9 Å². The van der Waals surface area contributed by atoms with Crippen LogP contribution in [0.15, 0.2) is 68.3 Å². The maximum Gasteiger partial charge on any atom is 0.283 e. The summed E-state index contributed by atoms with van der Waals surface area (Å²) in [4.78, 5) is 19.0. The summed E-state index contributed by atoms with van der Waals surface area (Å²) in [6, 6.07) is 15.3. The molecule has 0 spiro atoms. The Hall–Kier alpha value is -3.46. The van der Waals surface area contributed by atoms with Gasteiger partial charge in [-0.15, -0.1) is 4.40 Å². The minimum atomic E-state index is -3.83. The van der Waals surface area contributed by atoms with Crippen LogP contribution in [-0.2, 0) is 10.0 Å². The zero-order chi connectivity index (χ0) is 23.4. The van der Waals surface area contributed by atoms with Crippen LogP contribution in [0.4, 0.5) is 5.69 Å². The molecular formula is C24H26N4O4S. The van der Waals surface area contributed by atoms with E-state index in [1.54, 1.807) is 6.92 Å². The molecule has 0 aliphatic carbocycles. The molecule has 0 unspecified atom stereocenters. The highest BCUT2D eigenvalue weighted by Gasteiger charge is 2.20. The van der Waals surface area contributed by atoms with E-state index in [9.17, 15) is 13.2 Å². The molecule has 1 fully saturated rings. The number of aryl methyl sites for hydroxylation is 1. The molecule has 2 aromatic carbocycles. The zero-order valence-electron chi connectivity index (χ0n) is 18.6. The van der Waals surface area contributed by atoms with Gasteiger partial charge in [0.05, 0.1) is 4.90 Å². The van der Waals surface area contributed by atoms with Crippen molar-refractivity contribution in [3.63, 3.8) is 0 Å². The quantitative estimate of drug-likeness (QED) is 0.594. The number of oxazole rings is 1. The van der Waals surface area contributed by atoms with Crippen molar-refractivity contribution in [3.05, 3.63) is 66.1 Å². The lowest BCUT2D eigenvalue weighted by Gasteiger charge is -2.17. The minimum absolute atomic E-state index is 0.0784. The van der Waals surface area contributed by atoms with E-state index in [4.69, 9.17) is 4.42 Å². The number of sulfonamides is 1. The molecule has 1 aliphatic heterocycles. The first-order valence-corrected chi connectivity index (χ1v) is 12.3. The largest absolute Gasteiger partial charge is 0.441 e. The Balaban J connectivity index is 1.49. The van der Waals surface area contributed by atoms with Crippen molar-refractivity contribution in [2.45, 2.75) is 37.5 Å². The molecule has 172 valence electrons. The second-order valence-electron chi connectivity index (χ2n) is 7.98. The van der Waals surface area contributed by atoms with Gasteiger partial charge in [0.1, 0.15) is 11.6 Å². The standard InChI is InChI=1S/C24H26N4O4S/c1-17-22(26-24(32-17)18-9-5-3-6-10-18)23(29)25-19-12-14-20(15-13-19)33(30,31)27-21-11-7-4-8-16-28(21)2/h3,5-6,9-10,12-15H,4,7-8,11,16H2,1-2H3,(H,25,29)/b27-21-. The van der Waals surface area contributed by atoms with Crippen molar-refractivity contribution in [3.8, 4) is 11.5 Å². The number of nitrogens with one attached hydrogen (secondary N) is 1. The van der Waals surface area contributed by atoms with Crippen LogP contribution in [-0.4, -0.2) is 43.6 Å². The van der Waals surface area contributed by atoms with Crippen LogP contribution in [0, 0.1) is 6.92 Å². The predicted octanol–water partition coefficient (Wildman–Crippen LogP) is 4.50. The third-order valence-electron chi connectivity index (χ3n) is 5.50. The first-order chi connectivity index (χ1) is 15.8. The fourth-order valence-corrected chi connectivity index (χ4v) is 4.74. The van der Waals surface area contributed by atoms with E-state index in [0.29, 0.717) is 29.6 Å². The number of aromatic nitrogens is 1. The van der Waals surface area contributed by atoms with Crippen LogP contribution in [0.1, 0.15) is 41.9 Å². The van der Waals surface area contributed by atoms with E-state index in [0.717, 1.165) is 31.4 Å². The SMILES string of the molecule is Cc1oc(-c2ccccc2)nc1C(=O)Nc1ccc(S(=O)(=O)/N=C2/CCCCCN2C)cc1. The topological polar surface area (TPSA) is 105 Å². The Kier molecular flexibility index (Phi) is 6.60. The Morgan fingerprint density at radius 2 is 1.79 bits per heavy atom. The number of hydrogen-bond donors (Lipinski definition) is 1. The molecule has 8 nitrogen and oxygen atoms in total. The molecule has 0 atom stereocenters. The molecule has 2 heterocycles. The van der Waals surface area contributed by atoms with Crippen molar-refractivity contribution < 1.29 is 17.6 Å². The maximum atomic E-state index is 12.8. The number of nitrogens with zero attached hydrogens (tertiary/aromatic N) is 3. The lowest BCUT2D eigenvalue weighted by atomic mass is 10.2. The number of carbonyl (C=O) groups excluding carboxylic acids is 1. The van der Waals surface area contributed by atoms with Crippen LogP contribution >= 0.6 is 0 Å². The summed E-state index contributed by atoms with van der Waals surface area (Å²) in [7, 11) is -1.97. The normalized spacial score (nSPS) is 15.9. The first kappa shape index (κ1) is 22.7.